The maximum Gasteiger partial charge on any atom is 0.282 e. The lowest BCUT2D eigenvalue weighted by Gasteiger charge is -2.16. The fraction of sp³-hybridized carbons (Fsp3) is 0.167. The lowest BCUT2D eigenvalue weighted by molar-refractivity contribution is -0.385. The molecule has 8 nitrogen and oxygen atoms in total. The third-order valence-corrected chi connectivity index (χ3v) is 2.74. The van der Waals surface area contributed by atoms with Crippen molar-refractivity contribution >= 4 is 17.3 Å². The second-order valence-corrected chi connectivity index (χ2v) is 4.23. The summed E-state index contributed by atoms with van der Waals surface area (Å²) in [6, 6.07) is 3.92. The maximum absolute atomic E-state index is 12.3. The molecule has 2 rings (SSSR count). The molecule has 0 saturated carbocycles. The molecule has 20 heavy (non-hydrogen) atoms. The molecule has 0 fully saturated rings. The molecule has 8 heteroatoms. The van der Waals surface area contributed by atoms with E-state index in [0.29, 0.717) is 11.5 Å². The number of nitrogens with zero attached hydrogens (tertiary/aromatic N) is 3. The SMILES string of the molecule is CN(Cc1ncc[nH]1)C(=O)c1cc(N)ccc1[N+](=O)[O-]. The van der Waals surface area contributed by atoms with Gasteiger partial charge in [-0.15, -0.1) is 0 Å². The number of nitrogens with two attached hydrogens (primary N) is 1. The van der Waals surface area contributed by atoms with E-state index in [1.165, 1.54) is 30.1 Å². The summed E-state index contributed by atoms with van der Waals surface area (Å²) in [5.74, 6) is 0.104. The normalized spacial score (nSPS) is 10.2. The zero-order chi connectivity index (χ0) is 14.7. The second kappa shape index (κ2) is 5.39. The first-order valence-corrected chi connectivity index (χ1v) is 5.76. The number of aromatic amines is 1. The van der Waals surface area contributed by atoms with Crippen LogP contribution in [-0.4, -0.2) is 32.7 Å². The van der Waals surface area contributed by atoms with Gasteiger partial charge < -0.3 is 15.6 Å². The van der Waals surface area contributed by atoms with E-state index < -0.39 is 10.8 Å². The van der Waals surface area contributed by atoms with Gasteiger partial charge in [0.05, 0.1) is 11.5 Å². The number of imidazole rings is 1. The molecular weight excluding hydrogens is 262 g/mol. The number of nitrogen functional groups attached to an aromatic ring is 1. The number of anilines is 1. The van der Waals surface area contributed by atoms with Crippen molar-refractivity contribution in [3.63, 3.8) is 0 Å². The van der Waals surface area contributed by atoms with Crippen molar-refractivity contribution in [1.82, 2.24) is 14.9 Å². The number of nitro benzene ring substituents is 1. The molecule has 0 spiro atoms. The van der Waals surface area contributed by atoms with Gasteiger partial charge in [-0.1, -0.05) is 0 Å². The van der Waals surface area contributed by atoms with Crippen molar-refractivity contribution in [2.24, 2.45) is 0 Å². The van der Waals surface area contributed by atoms with Gasteiger partial charge in [0.2, 0.25) is 0 Å². The van der Waals surface area contributed by atoms with Crippen molar-refractivity contribution in [1.29, 1.82) is 0 Å². The highest BCUT2D eigenvalue weighted by molar-refractivity contribution is 5.98. The molecule has 104 valence electrons. The standard InChI is InChI=1S/C12H13N5O3/c1-16(7-11-14-4-5-15-11)12(18)9-6-8(13)2-3-10(9)17(19)20/h2-6H,7,13H2,1H3,(H,14,15). The van der Waals surface area contributed by atoms with Crippen LogP contribution in [0, 0.1) is 10.1 Å². The summed E-state index contributed by atoms with van der Waals surface area (Å²) in [5, 5.41) is 11.0. The molecule has 0 aliphatic heterocycles. The monoisotopic (exact) mass is 275 g/mol. The van der Waals surface area contributed by atoms with Gasteiger partial charge in [0, 0.05) is 31.2 Å². The van der Waals surface area contributed by atoms with E-state index in [1.807, 2.05) is 0 Å². The van der Waals surface area contributed by atoms with Crippen LogP contribution in [0.25, 0.3) is 0 Å². The van der Waals surface area contributed by atoms with E-state index in [1.54, 1.807) is 12.4 Å². The molecule has 2 aromatic rings. The number of benzene rings is 1. The van der Waals surface area contributed by atoms with Crippen LogP contribution in [0.2, 0.25) is 0 Å². The van der Waals surface area contributed by atoms with E-state index in [-0.39, 0.29) is 17.8 Å². The van der Waals surface area contributed by atoms with Crippen molar-refractivity contribution < 1.29 is 9.72 Å². The Morgan fingerprint density at radius 1 is 1.55 bits per heavy atom. The van der Waals surface area contributed by atoms with Gasteiger partial charge in [-0.2, -0.15) is 0 Å². The van der Waals surface area contributed by atoms with Crippen molar-refractivity contribution in [2.45, 2.75) is 6.54 Å². The van der Waals surface area contributed by atoms with Crippen LogP contribution in [-0.2, 0) is 6.54 Å². The smallest absolute Gasteiger partial charge is 0.282 e. The first-order valence-electron chi connectivity index (χ1n) is 5.76. The summed E-state index contributed by atoms with van der Waals surface area (Å²) in [5.41, 5.74) is 5.58. The fourth-order valence-electron chi connectivity index (χ4n) is 1.77. The summed E-state index contributed by atoms with van der Waals surface area (Å²) >= 11 is 0. The Labute approximate surface area is 114 Å². The Morgan fingerprint density at radius 3 is 2.90 bits per heavy atom. The largest absolute Gasteiger partial charge is 0.399 e. The highest BCUT2D eigenvalue weighted by atomic mass is 16.6. The van der Waals surface area contributed by atoms with Crippen LogP contribution >= 0.6 is 0 Å². The second-order valence-electron chi connectivity index (χ2n) is 4.23. The van der Waals surface area contributed by atoms with Crippen LogP contribution < -0.4 is 5.73 Å². The lowest BCUT2D eigenvalue weighted by atomic mass is 10.1. The summed E-state index contributed by atoms with van der Waals surface area (Å²) in [7, 11) is 1.54. The van der Waals surface area contributed by atoms with Crippen LogP contribution in [0.3, 0.4) is 0 Å². The van der Waals surface area contributed by atoms with Crippen molar-refractivity contribution in [2.75, 3.05) is 12.8 Å². The molecule has 0 atom stereocenters. The Morgan fingerprint density at radius 2 is 2.30 bits per heavy atom. The highest BCUT2D eigenvalue weighted by Crippen LogP contribution is 2.22. The first-order chi connectivity index (χ1) is 9.49. The number of hydrogen-bond acceptors (Lipinski definition) is 5. The molecule has 1 amide bonds. The van der Waals surface area contributed by atoms with E-state index in [0.717, 1.165) is 0 Å². The topological polar surface area (TPSA) is 118 Å². The lowest BCUT2D eigenvalue weighted by Crippen LogP contribution is -2.27. The number of nitro groups is 1. The van der Waals surface area contributed by atoms with Gasteiger partial charge in [-0.25, -0.2) is 4.98 Å². The molecule has 3 N–H and O–H groups in total. The van der Waals surface area contributed by atoms with Gasteiger partial charge in [-0.3, -0.25) is 14.9 Å². The van der Waals surface area contributed by atoms with Crippen LogP contribution in [0.1, 0.15) is 16.2 Å². The minimum absolute atomic E-state index is 0.0379. The number of hydrogen-bond donors (Lipinski definition) is 2. The van der Waals surface area contributed by atoms with Gasteiger partial charge >= 0.3 is 0 Å². The number of carbonyl (C=O) groups is 1. The third kappa shape index (κ3) is 2.74. The van der Waals surface area contributed by atoms with Crippen LogP contribution in [0.15, 0.2) is 30.6 Å². The molecule has 0 saturated heterocycles. The third-order valence-electron chi connectivity index (χ3n) is 2.74. The minimum Gasteiger partial charge on any atom is -0.399 e. The van der Waals surface area contributed by atoms with Crippen molar-refractivity contribution in [3.05, 3.63) is 52.1 Å². The van der Waals surface area contributed by atoms with Gasteiger partial charge in [0.15, 0.2) is 0 Å². The Bertz CT molecular complexity index is 639. The first kappa shape index (κ1) is 13.5. The average Bonchev–Trinajstić information content (AvgIpc) is 2.90. The van der Waals surface area contributed by atoms with E-state index in [9.17, 15) is 14.9 Å². The van der Waals surface area contributed by atoms with Gasteiger partial charge in [0.1, 0.15) is 11.4 Å². The van der Waals surface area contributed by atoms with Gasteiger partial charge in [0.25, 0.3) is 11.6 Å². The molecule has 0 radical (unpaired) electrons. The quantitative estimate of drug-likeness (QED) is 0.493. The highest BCUT2D eigenvalue weighted by Gasteiger charge is 2.23. The summed E-state index contributed by atoms with van der Waals surface area (Å²) in [4.78, 5) is 30.8. The molecule has 1 heterocycles. The number of H-pyrrole nitrogens is 1. The zero-order valence-corrected chi connectivity index (χ0v) is 10.7. The maximum atomic E-state index is 12.3. The molecule has 1 aromatic heterocycles. The zero-order valence-electron chi connectivity index (χ0n) is 10.7. The molecule has 0 unspecified atom stereocenters. The average molecular weight is 275 g/mol. The fourth-order valence-corrected chi connectivity index (χ4v) is 1.77. The van der Waals surface area contributed by atoms with Gasteiger partial charge in [-0.05, 0) is 12.1 Å². The Balaban J connectivity index is 2.28. The van der Waals surface area contributed by atoms with Crippen LogP contribution in [0.5, 0.6) is 0 Å². The van der Waals surface area contributed by atoms with E-state index >= 15 is 0 Å². The number of amides is 1. The Hall–Kier alpha value is -2.90. The number of nitrogens with one attached hydrogen (secondary N) is 1. The predicted molar refractivity (Wildman–Crippen MR) is 71.9 cm³/mol. The summed E-state index contributed by atoms with van der Waals surface area (Å²) in [6.45, 7) is 0.220. The predicted octanol–water partition coefficient (Wildman–Crippen LogP) is 1.17. The molecule has 0 aliphatic rings. The summed E-state index contributed by atoms with van der Waals surface area (Å²) in [6.07, 6.45) is 3.20. The number of aromatic nitrogens is 2. The molecule has 0 bridgehead atoms. The number of carbonyl (C=O) groups excluding carboxylic acids is 1. The van der Waals surface area contributed by atoms with E-state index in [4.69, 9.17) is 5.73 Å². The Kier molecular flexibility index (Phi) is 3.65. The molecule has 1 aromatic carbocycles. The summed E-state index contributed by atoms with van der Waals surface area (Å²) < 4.78 is 0. The molecular formula is C12H13N5O3. The van der Waals surface area contributed by atoms with E-state index in [2.05, 4.69) is 9.97 Å². The van der Waals surface area contributed by atoms with Crippen molar-refractivity contribution in [3.8, 4) is 0 Å². The van der Waals surface area contributed by atoms with Crippen LogP contribution in [0.4, 0.5) is 11.4 Å². The minimum atomic E-state index is -0.604. The number of rotatable bonds is 4. The molecule has 0 aliphatic carbocycles.